The van der Waals surface area contributed by atoms with Gasteiger partial charge in [0, 0.05) is 6.54 Å². The third-order valence-electron chi connectivity index (χ3n) is 4.71. The molecule has 7 heteroatoms. The highest BCUT2D eigenvalue weighted by molar-refractivity contribution is 7.89. The van der Waals surface area contributed by atoms with Crippen molar-refractivity contribution in [3.63, 3.8) is 0 Å². The minimum absolute atomic E-state index is 0.0407. The molecule has 28 heavy (non-hydrogen) atoms. The molecule has 0 aliphatic carbocycles. The van der Waals surface area contributed by atoms with Gasteiger partial charge in [-0.1, -0.05) is 51.1 Å². The molecule has 2 aromatic carbocycles. The summed E-state index contributed by atoms with van der Waals surface area (Å²) in [4.78, 5) is 12.6. The summed E-state index contributed by atoms with van der Waals surface area (Å²) in [6, 6.07) is 13.9. The number of primary sulfonamides is 1. The van der Waals surface area contributed by atoms with Crippen molar-refractivity contribution < 1.29 is 17.9 Å². The van der Waals surface area contributed by atoms with E-state index >= 15 is 0 Å². The van der Waals surface area contributed by atoms with E-state index in [1.165, 1.54) is 12.1 Å². The first-order valence-electron chi connectivity index (χ1n) is 9.41. The van der Waals surface area contributed by atoms with Crippen LogP contribution in [0.15, 0.2) is 53.4 Å². The first-order chi connectivity index (χ1) is 13.3. The molecule has 0 saturated carbocycles. The summed E-state index contributed by atoms with van der Waals surface area (Å²) < 4.78 is 28.6. The topological polar surface area (TPSA) is 98.5 Å². The van der Waals surface area contributed by atoms with Crippen molar-refractivity contribution >= 4 is 15.9 Å². The molecule has 0 fully saturated rings. The van der Waals surface area contributed by atoms with E-state index in [1.807, 2.05) is 31.2 Å². The number of nitrogens with two attached hydrogens (primary N) is 1. The number of ether oxygens (including phenoxy) is 1. The Kier molecular flexibility index (Phi) is 7.60. The molecule has 2 rings (SSSR count). The van der Waals surface area contributed by atoms with Crippen LogP contribution in [0.5, 0.6) is 5.75 Å². The lowest BCUT2D eigenvalue weighted by atomic mass is 9.98. The summed E-state index contributed by atoms with van der Waals surface area (Å²) in [6.07, 6.45) is 0.914. The second kappa shape index (κ2) is 9.71. The number of sulfonamides is 1. The number of para-hydroxylation sites is 1. The van der Waals surface area contributed by atoms with Crippen molar-refractivity contribution in [3.8, 4) is 5.75 Å². The van der Waals surface area contributed by atoms with E-state index in [0.717, 1.165) is 23.3 Å². The van der Waals surface area contributed by atoms with Gasteiger partial charge in [0.1, 0.15) is 5.75 Å². The molecule has 0 heterocycles. The highest BCUT2D eigenvalue weighted by atomic mass is 32.2. The molecule has 0 saturated heterocycles. The van der Waals surface area contributed by atoms with Gasteiger partial charge in [-0.3, -0.25) is 4.79 Å². The minimum atomic E-state index is -3.72. The number of hydrogen-bond acceptors (Lipinski definition) is 4. The molecule has 2 unspecified atom stereocenters. The van der Waals surface area contributed by atoms with Crippen LogP contribution in [-0.4, -0.2) is 20.4 Å². The SMILES string of the molecule is CCC(Oc1ccccc1C(C)CC)C(=O)NCc1ccc(S(N)(=O)=O)cc1. The molecular formula is C21H28N2O4S. The lowest BCUT2D eigenvalue weighted by Gasteiger charge is -2.21. The monoisotopic (exact) mass is 404 g/mol. The number of carbonyl (C=O) groups excluding carboxylic acids is 1. The summed E-state index contributed by atoms with van der Waals surface area (Å²) in [7, 11) is -3.72. The number of carbonyl (C=O) groups is 1. The first-order valence-corrected chi connectivity index (χ1v) is 11.0. The molecule has 6 nitrogen and oxygen atoms in total. The van der Waals surface area contributed by atoms with Crippen molar-refractivity contribution in [2.24, 2.45) is 5.14 Å². The Morgan fingerprint density at radius 3 is 2.29 bits per heavy atom. The molecule has 2 aromatic rings. The highest BCUT2D eigenvalue weighted by Crippen LogP contribution is 2.29. The Labute approximate surface area is 167 Å². The van der Waals surface area contributed by atoms with E-state index in [1.54, 1.807) is 12.1 Å². The van der Waals surface area contributed by atoms with Gasteiger partial charge >= 0.3 is 0 Å². The maximum Gasteiger partial charge on any atom is 0.261 e. The molecule has 0 bridgehead atoms. The van der Waals surface area contributed by atoms with Crippen LogP contribution in [-0.2, 0) is 21.4 Å². The summed E-state index contributed by atoms with van der Waals surface area (Å²) in [5.41, 5.74) is 1.87. The summed E-state index contributed by atoms with van der Waals surface area (Å²) in [6.45, 7) is 6.43. The van der Waals surface area contributed by atoms with Crippen LogP contribution in [0.1, 0.15) is 50.7 Å². The maximum absolute atomic E-state index is 12.6. The zero-order chi connectivity index (χ0) is 20.7. The third kappa shape index (κ3) is 5.81. The predicted octanol–water partition coefficient (Wildman–Crippen LogP) is 3.32. The zero-order valence-corrected chi connectivity index (χ0v) is 17.3. The van der Waals surface area contributed by atoms with E-state index in [4.69, 9.17) is 9.88 Å². The zero-order valence-electron chi connectivity index (χ0n) is 16.5. The average Bonchev–Trinajstić information content (AvgIpc) is 2.69. The molecule has 0 aliphatic rings. The van der Waals surface area contributed by atoms with E-state index in [0.29, 0.717) is 12.3 Å². The van der Waals surface area contributed by atoms with Gasteiger partial charge in [0.2, 0.25) is 10.0 Å². The van der Waals surface area contributed by atoms with Gasteiger partial charge in [0.25, 0.3) is 5.91 Å². The predicted molar refractivity (Wildman–Crippen MR) is 110 cm³/mol. The van der Waals surface area contributed by atoms with Gasteiger partial charge in [0.15, 0.2) is 6.10 Å². The van der Waals surface area contributed by atoms with Crippen LogP contribution in [0.25, 0.3) is 0 Å². The van der Waals surface area contributed by atoms with Gasteiger partial charge in [-0.05, 0) is 48.1 Å². The van der Waals surface area contributed by atoms with Crippen molar-refractivity contribution in [1.29, 1.82) is 0 Å². The van der Waals surface area contributed by atoms with Crippen LogP contribution in [0.2, 0.25) is 0 Å². The van der Waals surface area contributed by atoms with Crippen LogP contribution in [0, 0.1) is 0 Å². The molecule has 0 spiro atoms. The van der Waals surface area contributed by atoms with Crippen molar-refractivity contribution in [2.75, 3.05) is 0 Å². The Bertz CT molecular complexity index is 895. The van der Waals surface area contributed by atoms with E-state index in [2.05, 4.69) is 19.2 Å². The van der Waals surface area contributed by atoms with Gasteiger partial charge in [-0.2, -0.15) is 0 Å². The fourth-order valence-corrected chi connectivity index (χ4v) is 3.31. The molecular weight excluding hydrogens is 376 g/mol. The lowest BCUT2D eigenvalue weighted by Crippen LogP contribution is -2.37. The Morgan fingerprint density at radius 2 is 1.71 bits per heavy atom. The molecule has 2 atom stereocenters. The summed E-state index contributed by atoms with van der Waals surface area (Å²) >= 11 is 0. The number of amides is 1. The van der Waals surface area contributed by atoms with E-state index in [-0.39, 0.29) is 17.3 Å². The second-order valence-electron chi connectivity index (χ2n) is 6.77. The number of benzene rings is 2. The van der Waals surface area contributed by atoms with Gasteiger partial charge in [-0.15, -0.1) is 0 Å². The Morgan fingerprint density at radius 1 is 1.07 bits per heavy atom. The fraction of sp³-hybridized carbons (Fsp3) is 0.381. The van der Waals surface area contributed by atoms with Crippen LogP contribution < -0.4 is 15.2 Å². The van der Waals surface area contributed by atoms with E-state index in [9.17, 15) is 13.2 Å². The smallest absolute Gasteiger partial charge is 0.261 e. The Balaban J connectivity index is 2.03. The number of rotatable bonds is 9. The quantitative estimate of drug-likeness (QED) is 0.670. The highest BCUT2D eigenvalue weighted by Gasteiger charge is 2.20. The average molecular weight is 405 g/mol. The number of hydrogen-bond donors (Lipinski definition) is 2. The van der Waals surface area contributed by atoms with Crippen LogP contribution >= 0.6 is 0 Å². The van der Waals surface area contributed by atoms with Gasteiger partial charge < -0.3 is 10.1 Å². The second-order valence-corrected chi connectivity index (χ2v) is 8.33. The van der Waals surface area contributed by atoms with Crippen LogP contribution in [0.3, 0.4) is 0 Å². The van der Waals surface area contributed by atoms with E-state index < -0.39 is 16.1 Å². The normalized spacial score (nSPS) is 13.6. The molecule has 0 aliphatic heterocycles. The molecule has 0 radical (unpaired) electrons. The molecule has 3 N–H and O–H groups in total. The minimum Gasteiger partial charge on any atom is -0.480 e. The lowest BCUT2D eigenvalue weighted by molar-refractivity contribution is -0.128. The van der Waals surface area contributed by atoms with Crippen molar-refractivity contribution in [2.45, 2.75) is 57.1 Å². The molecule has 0 aromatic heterocycles. The first kappa shape index (κ1) is 21.9. The van der Waals surface area contributed by atoms with Crippen LogP contribution in [0.4, 0.5) is 0 Å². The molecule has 1 amide bonds. The fourth-order valence-electron chi connectivity index (χ4n) is 2.79. The maximum atomic E-state index is 12.6. The summed E-state index contributed by atoms with van der Waals surface area (Å²) in [5, 5.41) is 7.94. The summed E-state index contributed by atoms with van der Waals surface area (Å²) in [5.74, 6) is 0.863. The van der Waals surface area contributed by atoms with Crippen molar-refractivity contribution in [1.82, 2.24) is 5.32 Å². The Hall–Kier alpha value is -2.38. The largest absolute Gasteiger partial charge is 0.480 e. The van der Waals surface area contributed by atoms with Gasteiger partial charge in [0.05, 0.1) is 4.90 Å². The van der Waals surface area contributed by atoms with Gasteiger partial charge in [-0.25, -0.2) is 13.6 Å². The number of nitrogens with one attached hydrogen (secondary N) is 1. The standard InChI is InChI=1S/C21H28N2O4S/c1-4-15(3)18-8-6-7-9-20(18)27-19(5-2)21(24)23-14-16-10-12-17(13-11-16)28(22,25)26/h6-13,15,19H,4-5,14H2,1-3H3,(H,23,24)(H2,22,25,26). The van der Waals surface area contributed by atoms with Crippen molar-refractivity contribution in [3.05, 3.63) is 59.7 Å². The molecule has 152 valence electrons. The third-order valence-corrected chi connectivity index (χ3v) is 5.64.